The van der Waals surface area contributed by atoms with Crippen molar-refractivity contribution in [1.82, 2.24) is 14.5 Å². The minimum Gasteiger partial charge on any atom is -0.339 e. The molecule has 1 aromatic rings. The van der Waals surface area contributed by atoms with Gasteiger partial charge in [-0.3, -0.25) is 9.59 Å². The number of benzene rings is 1. The molecule has 7 nitrogen and oxygen atoms in total. The van der Waals surface area contributed by atoms with Crippen molar-refractivity contribution in [1.29, 1.82) is 0 Å². The Hall–Kier alpha value is -1.93. The molecule has 0 unspecified atom stereocenters. The van der Waals surface area contributed by atoms with E-state index in [4.69, 9.17) is 0 Å². The molecule has 0 radical (unpaired) electrons. The van der Waals surface area contributed by atoms with E-state index in [1.54, 1.807) is 24.8 Å². The van der Waals surface area contributed by atoms with E-state index < -0.39 is 22.0 Å². The zero-order valence-corrected chi connectivity index (χ0v) is 16.2. The monoisotopic (exact) mass is 379 g/mol. The number of carbonyl (C=O) groups is 2. The number of fused-ring (bicyclic) bond motifs is 1. The Morgan fingerprint density at radius 2 is 1.92 bits per heavy atom. The molecule has 2 aliphatic rings. The van der Waals surface area contributed by atoms with Gasteiger partial charge in [-0.2, -0.15) is 0 Å². The van der Waals surface area contributed by atoms with E-state index in [-0.39, 0.29) is 16.4 Å². The summed E-state index contributed by atoms with van der Waals surface area (Å²) in [5.41, 5.74) is 0.459. The van der Waals surface area contributed by atoms with E-state index in [0.717, 1.165) is 23.7 Å². The number of rotatable bonds is 4. The topological polar surface area (TPSA) is 86.8 Å². The minimum absolute atomic E-state index is 0.0629. The zero-order chi connectivity index (χ0) is 19.1. The van der Waals surface area contributed by atoms with Gasteiger partial charge >= 0.3 is 0 Å². The zero-order valence-electron chi connectivity index (χ0n) is 15.4. The van der Waals surface area contributed by atoms with Crippen molar-refractivity contribution in [3.63, 3.8) is 0 Å². The Labute approximate surface area is 154 Å². The second-order valence-electron chi connectivity index (χ2n) is 7.20. The maximum Gasteiger partial charge on any atom is 0.269 e. The van der Waals surface area contributed by atoms with Crippen LogP contribution in [0.3, 0.4) is 0 Å². The number of piperidine rings is 1. The van der Waals surface area contributed by atoms with Crippen LogP contribution in [0.15, 0.2) is 23.1 Å². The van der Waals surface area contributed by atoms with Gasteiger partial charge in [0.05, 0.1) is 5.56 Å². The maximum atomic E-state index is 12.8. The van der Waals surface area contributed by atoms with Gasteiger partial charge in [0.2, 0.25) is 0 Å². The van der Waals surface area contributed by atoms with Crippen LogP contribution >= 0.6 is 0 Å². The van der Waals surface area contributed by atoms with Crippen molar-refractivity contribution < 1.29 is 18.0 Å². The second kappa shape index (κ2) is 7.00. The molecule has 2 aliphatic heterocycles. The molecule has 2 heterocycles. The first-order chi connectivity index (χ1) is 12.3. The molecular formula is C18H25N3O4S. The largest absolute Gasteiger partial charge is 0.339 e. The highest BCUT2D eigenvalue weighted by Gasteiger charge is 2.43. The average molecular weight is 379 g/mol. The van der Waals surface area contributed by atoms with Crippen molar-refractivity contribution in [3.8, 4) is 0 Å². The van der Waals surface area contributed by atoms with Crippen LogP contribution in [-0.2, 0) is 10.0 Å². The lowest BCUT2D eigenvalue weighted by atomic mass is 9.96. The molecule has 1 N–H and O–H groups in total. The van der Waals surface area contributed by atoms with Crippen molar-refractivity contribution in [2.45, 2.75) is 37.6 Å². The summed E-state index contributed by atoms with van der Waals surface area (Å²) in [6.45, 7) is 5.57. The molecule has 1 saturated heterocycles. The summed E-state index contributed by atoms with van der Waals surface area (Å²) in [4.78, 5) is 26.9. The van der Waals surface area contributed by atoms with Crippen LogP contribution in [0.1, 0.15) is 47.4 Å². The normalized spacial score (nSPS) is 19.9. The van der Waals surface area contributed by atoms with Crippen LogP contribution in [0, 0.1) is 5.92 Å². The van der Waals surface area contributed by atoms with Gasteiger partial charge in [0, 0.05) is 24.7 Å². The second-order valence-corrected chi connectivity index (χ2v) is 8.99. The number of hydrogen-bond acceptors (Lipinski definition) is 5. The Kier molecular flexibility index (Phi) is 5.07. The van der Waals surface area contributed by atoms with Gasteiger partial charge in [-0.25, -0.2) is 12.7 Å². The van der Waals surface area contributed by atoms with Crippen LogP contribution in [-0.4, -0.2) is 62.2 Å². The van der Waals surface area contributed by atoms with Crippen molar-refractivity contribution in [2.24, 2.45) is 5.92 Å². The highest BCUT2D eigenvalue weighted by molar-refractivity contribution is 7.90. The van der Waals surface area contributed by atoms with Gasteiger partial charge in [0.25, 0.3) is 21.8 Å². The molecule has 26 heavy (non-hydrogen) atoms. The van der Waals surface area contributed by atoms with Crippen LogP contribution in [0.4, 0.5) is 0 Å². The van der Waals surface area contributed by atoms with Gasteiger partial charge in [-0.15, -0.1) is 0 Å². The Morgan fingerprint density at radius 3 is 2.50 bits per heavy atom. The van der Waals surface area contributed by atoms with Crippen LogP contribution in [0.5, 0.6) is 0 Å². The fraction of sp³-hybridized carbons (Fsp3) is 0.556. The number of nitrogens with zero attached hydrogens (tertiary/aromatic N) is 2. The Morgan fingerprint density at radius 1 is 1.27 bits per heavy atom. The van der Waals surface area contributed by atoms with Crippen LogP contribution in [0.25, 0.3) is 0 Å². The predicted molar refractivity (Wildman–Crippen MR) is 97.5 cm³/mol. The highest BCUT2D eigenvalue weighted by atomic mass is 32.2. The molecule has 0 saturated carbocycles. The van der Waals surface area contributed by atoms with Crippen LogP contribution in [0.2, 0.25) is 0 Å². The molecule has 1 fully saturated rings. The quantitative estimate of drug-likeness (QED) is 0.852. The molecule has 1 aromatic carbocycles. The molecule has 3 rings (SSSR count). The predicted octanol–water partition coefficient (Wildman–Crippen LogP) is 1.31. The molecule has 0 atom stereocenters. The summed E-state index contributed by atoms with van der Waals surface area (Å²) in [5.74, 6) is -0.148. The summed E-state index contributed by atoms with van der Waals surface area (Å²) < 4.78 is 26.2. The molecule has 142 valence electrons. The Balaban J connectivity index is 1.84. The summed E-state index contributed by atoms with van der Waals surface area (Å²) in [6.07, 6.45) is 1.85. The number of amides is 2. The van der Waals surface area contributed by atoms with Crippen LogP contribution < -0.4 is 5.32 Å². The van der Waals surface area contributed by atoms with E-state index in [1.165, 1.54) is 12.1 Å². The van der Waals surface area contributed by atoms with Gasteiger partial charge in [0.15, 0.2) is 0 Å². The first-order valence-electron chi connectivity index (χ1n) is 8.94. The lowest BCUT2D eigenvalue weighted by molar-refractivity contribution is 0.0690. The third kappa shape index (κ3) is 3.12. The SMILES string of the molecule is CNCC1CCN(C(=O)c2ccc3c(c2)S(=O)(=O)N(C(C)C)C3=O)CC1. The molecule has 0 spiro atoms. The fourth-order valence-electron chi connectivity index (χ4n) is 3.70. The summed E-state index contributed by atoms with van der Waals surface area (Å²) in [5, 5.41) is 3.16. The molecule has 0 aliphatic carbocycles. The fourth-order valence-corrected chi connectivity index (χ4v) is 5.50. The average Bonchev–Trinajstić information content (AvgIpc) is 2.81. The van der Waals surface area contributed by atoms with Crippen molar-refractivity contribution in [2.75, 3.05) is 26.7 Å². The number of nitrogens with one attached hydrogen (secondary N) is 1. The molecule has 2 amide bonds. The first-order valence-corrected chi connectivity index (χ1v) is 10.4. The lowest BCUT2D eigenvalue weighted by Crippen LogP contribution is -2.40. The first kappa shape index (κ1) is 18.8. The van der Waals surface area contributed by atoms with Gasteiger partial charge in [-0.1, -0.05) is 0 Å². The Bertz CT molecular complexity index is 827. The van der Waals surface area contributed by atoms with E-state index in [2.05, 4.69) is 5.32 Å². The number of likely N-dealkylation sites (tertiary alicyclic amines) is 1. The summed E-state index contributed by atoms with van der Waals surface area (Å²) >= 11 is 0. The minimum atomic E-state index is -3.89. The summed E-state index contributed by atoms with van der Waals surface area (Å²) in [7, 11) is -1.97. The van der Waals surface area contributed by atoms with Crippen molar-refractivity contribution in [3.05, 3.63) is 29.3 Å². The lowest BCUT2D eigenvalue weighted by Gasteiger charge is -2.32. The number of sulfonamides is 1. The van der Waals surface area contributed by atoms with E-state index in [9.17, 15) is 18.0 Å². The molecular weight excluding hydrogens is 354 g/mol. The van der Waals surface area contributed by atoms with Gasteiger partial charge in [-0.05, 0) is 64.4 Å². The maximum absolute atomic E-state index is 12.8. The molecule has 0 bridgehead atoms. The van der Waals surface area contributed by atoms with Gasteiger partial charge < -0.3 is 10.2 Å². The van der Waals surface area contributed by atoms with E-state index in [0.29, 0.717) is 24.6 Å². The molecule has 8 heteroatoms. The highest BCUT2D eigenvalue weighted by Crippen LogP contribution is 2.33. The third-order valence-corrected chi connectivity index (χ3v) is 7.06. The smallest absolute Gasteiger partial charge is 0.269 e. The van der Waals surface area contributed by atoms with E-state index in [1.807, 2.05) is 7.05 Å². The summed E-state index contributed by atoms with van der Waals surface area (Å²) in [6, 6.07) is 3.90. The third-order valence-electron chi connectivity index (χ3n) is 5.06. The number of carbonyl (C=O) groups excluding carboxylic acids is 2. The van der Waals surface area contributed by atoms with Crippen molar-refractivity contribution >= 4 is 21.8 Å². The molecule has 0 aromatic heterocycles. The number of hydrogen-bond donors (Lipinski definition) is 1. The standard InChI is InChI=1S/C18H25N3O4S/c1-12(2)21-18(23)15-5-4-14(10-16(15)26(21,24)25)17(22)20-8-6-13(7-9-20)11-19-3/h4-5,10,12-13,19H,6-9,11H2,1-3H3. The van der Waals surface area contributed by atoms with E-state index >= 15 is 0 Å². The van der Waals surface area contributed by atoms with Gasteiger partial charge in [0.1, 0.15) is 4.90 Å².